The zero-order valence-electron chi connectivity index (χ0n) is 14.0. The quantitative estimate of drug-likeness (QED) is 0.863. The van der Waals surface area contributed by atoms with Crippen molar-refractivity contribution in [1.82, 2.24) is 15.0 Å². The first kappa shape index (κ1) is 16.8. The van der Waals surface area contributed by atoms with E-state index in [2.05, 4.69) is 20.3 Å². The van der Waals surface area contributed by atoms with E-state index in [4.69, 9.17) is 0 Å². The van der Waals surface area contributed by atoms with E-state index < -0.39 is 9.84 Å². The summed E-state index contributed by atoms with van der Waals surface area (Å²) >= 11 is 0. The van der Waals surface area contributed by atoms with Crippen molar-refractivity contribution < 1.29 is 8.42 Å². The van der Waals surface area contributed by atoms with Gasteiger partial charge in [-0.15, -0.1) is 0 Å². The number of rotatable bonds is 6. The highest BCUT2D eigenvalue weighted by Gasteiger charge is 2.21. The number of aromatic nitrogens is 3. The third kappa shape index (κ3) is 4.08. The zero-order chi connectivity index (χ0) is 17.2. The van der Waals surface area contributed by atoms with Crippen LogP contribution in [0.2, 0.25) is 0 Å². The molecule has 128 valence electrons. The van der Waals surface area contributed by atoms with E-state index in [9.17, 15) is 8.42 Å². The maximum Gasteiger partial charge on any atom is 0.180 e. The first-order valence-corrected chi connectivity index (χ1v) is 10.2. The standard InChI is InChI=1S/C17H22N4O2S/c1-12(9-11-24(2,22)23)19-16-13-6-5-8-14(13)20-17(21-16)15-7-3-4-10-18-15/h3-4,7,10,12H,5-6,8-9,11H2,1-2H3,(H,19,20,21). The SMILES string of the molecule is CC(CCS(C)(=O)=O)Nc1nc(-c2ccccn2)nc2c1CCC2. The lowest BCUT2D eigenvalue weighted by atomic mass is 10.2. The third-order valence-electron chi connectivity index (χ3n) is 4.13. The molecule has 1 atom stereocenters. The van der Waals surface area contributed by atoms with Crippen molar-refractivity contribution in [3.05, 3.63) is 35.7 Å². The third-order valence-corrected chi connectivity index (χ3v) is 5.11. The maximum absolute atomic E-state index is 11.4. The molecular formula is C17H22N4O2S. The highest BCUT2D eigenvalue weighted by molar-refractivity contribution is 7.90. The molecule has 1 aliphatic carbocycles. The van der Waals surface area contributed by atoms with Crippen LogP contribution in [0.4, 0.5) is 5.82 Å². The van der Waals surface area contributed by atoms with Gasteiger partial charge in [0, 0.05) is 29.8 Å². The Morgan fingerprint density at radius 3 is 2.79 bits per heavy atom. The fourth-order valence-electron chi connectivity index (χ4n) is 2.86. The number of hydrogen-bond donors (Lipinski definition) is 1. The van der Waals surface area contributed by atoms with E-state index in [-0.39, 0.29) is 11.8 Å². The lowest BCUT2D eigenvalue weighted by molar-refractivity contribution is 0.595. The highest BCUT2D eigenvalue weighted by Crippen LogP contribution is 2.29. The summed E-state index contributed by atoms with van der Waals surface area (Å²) in [5.41, 5.74) is 2.98. The second-order valence-electron chi connectivity index (χ2n) is 6.35. The van der Waals surface area contributed by atoms with Gasteiger partial charge in [-0.05, 0) is 44.7 Å². The van der Waals surface area contributed by atoms with Crippen LogP contribution in [0.1, 0.15) is 31.0 Å². The summed E-state index contributed by atoms with van der Waals surface area (Å²) in [5.74, 6) is 1.61. The van der Waals surface area contributed by atoms with Crippen molar-refractivity contribution in [1.29, 1.82) is 0 Å². The number of anilines is 1. The molecule has 0 bridgehead atoms. The van der Waals surface area contributed by atoms with E-state index in [1.54, 1.807) is 6.20 Å². The van der Waals surface area contributed by atoms with Gasteiger partial charge in [0.05, 0.1) is 5.75 Å². The molecule has 1 aliphatic rings. The van der Waals surface area contributed by atoms with Crippen molar-refractivity contribution in [3.63, 3.8) is 0 Å². The summed E-state index contributed by atoms with van der Waals surface area (Å²) in [7, 11) is -2.96. The number of aryl methyl sites for hydroxylation is 1. The molecule has 0 radical (unpaired) electrons. The Hall–Kier alpha value is -2.02. The molecule has 0 fully saturated rings. The van der Waals surface area contributed by atoms with Crippen LogP contribution in [0.15, 0.2) is 24.4 Å². The number of sulfone groups is 1. The second-order valence-corrected chi connectivity index (χ2v) is 8.61. The first-order chi connectivity index (χ1) is 11.4. The van der Waals surface area contributed by atoms with Gasteiger partial charge in [-0.1, -0.05) is 6.07 Å². The second kappa shape index (κ2) is 6.84. The van der Waals surface area contributed by atoms with Crippen molar-refractivity contribution in [3.8, 4) is 11.5 Å². The average molecular weight is 346 g/mol. The molecule has 24 heavy (non-hydrogen) atoms. The van der Waals surface area contributed by atoms with Gasteiger partial charge >= 0.3 is 0 Å². The Labute approximate surface area is 142 Å². The Morgan fingerprint density at radius 2 is 2.08 bits per heavy atom. The minimum Gasteiger partial charge on any atom is -0.367 e. The zero-order valence-corrected chi connectivity index (χ0v) is 14.8. The molecule has 0 spiro atoms. The lowest BCUT2D eigenvalue weighted by Gasteiger charge is -2.17. The Morgan fingerprint density at radius 1 is 1.25 bits per heavy atom. The summed E-state index contributed by atoms with van der Waals surface area (Å²) in [4.78, 5) is 13.7. The van der Waals surface area contributed by atoms with Crippen LogP contribution in [-0.2, 0) is 22.7 Å². The summed E-state index contributed by atoms with van der Waals surface area (Å²) in [6.45, 7) is 1.98. The number of pyridine rings is 1. The van der Waals surface area contributed by atoms with Gasteiger partial charge in [0.2, 0.25) is 0 Å². The molecule has 0 saturated carbocycles. The molecule has 1 unspecified atom stereocenters. The Bertz CT molecular complexity index is 822. The van der Waals surface area contributed by atoms with Crippen LogP contribution in [0, 0.1) is 0 Å². The number of nitrogens with zero attached hydrogens (tertiary/aromatic N) is 3. The van der Waals surface area contributed by atoms with Crippen LogP contribution in [-0.4, -0.2) is 41.4 Å². The molecule has 7 heteroatoms. The molecule has 0 saturated heterocycles. The molecule has 2 aromatic rings. The summed E-state index contributed by atoms with van der Waals surface area (Å²) in [6.07, 6.45) is 6.52. The van der Waals surface area contributed by atoms with Gasteiger partial charge < -0.3 is 5.32 Å². The predicted molar refractivity (Wildman–Crippen MR) is 94.7 cm³/mol. The minimum atomic E-state index is -2.96. The van der Waals surface area contributed by atoms with E-state index in [1.807, 2.05) is 25.1 Å². The normalized spacial score (nSPS) is 15.1. The van der Waals surface area contributed by atoms with Crippen molar-refractivity contribution in [2.45, 2.75) is 38.6 Å². The maximum atomic E-state index is 11.4. The highest BCUT2D eigenvalue weighted by atomic mass is 32.2. The van der Waals surface area contributed by atoms with E-state index in [1.165, 1.54) is 6.26 Å². The summed E-state index contributed by atoms with van der Waals surface area (Å²) in [5, 5.41) is 3.38. The summed E-state index contributed by atoms with van der Waals surface area (Å²) in [6, 6.07) is 5.70. The molecule has 0 aromatic carbocycles. The van der Waals surface area contributed by atoms with Crippen LogP contribution in [0.5, 0.6) is 0 Å². The smallest absolute Gasteiger partial charge is 0.180 e. The van der Waals surface area contributed by atoms with E-state index in [0.717, 1.165) is 42.0 Å². The molecular weight excluding hydrogens is 324 g/mol. The molecule has 0 aliphatic heterocycles. The van der Waals surface area contributed by atoms with Crippen LogP contribution in [0.25, 0.3) is 11.5 Å². The van der Waals surface area contributed by atoms with Gasteiger partial charge in [-0.3, -0.25) is 4.98 Å². The van der Waals surface area contributed by atoms with Gasteiger partial charge in [0.15, 0.2) is 5.82 Å². The minimum absolute atomic E-state index is 0.0240. The molecule has 3 rings (SSSR count). The van der Waals surface area contributed by atoms with Gasteiger partial charge in [0.25, 0.3) is 0 Å². The Kier molecular flexibility index (Phi) is 4.80. The fourth-order valence-corrected chi connectivity index (χ4v) is 3.64. The van der Waals surface area contributed by atoms with Crippen LogP contribution in [0.3, 0.4) is 0 Å². The van der Waals surface area contributed by atoms with E-state index >= 15 is 0 Å². The fraction of sp³-hybridized carbons (Fsp3) is 0.471. The van der Waals surface area contributed by atoms with Crippen molar-refractivity contribution in [2.24, 2.45) is 0 Å². The Balaban J connectivity index is 1.86. The number of hydrogen-bond acceptors (Lipinski definition) is 6. The molecule has 2 aromatic heterocycles. The van der Waals surface area contributed by atoms with Gasteiger partial charge in [-0.25, -0.2) is 18.4 Å². The molecule has 1 N–H and O–H groups in total. The number of fused-ring (bicyclic) bond motifs is 1. The predicted octanol–water partition coefficient (Wildman–Crippen LogP) is 2.26. The summed E-state index contributed by atoms with van der Waals surface area (Å²) < 4.78 is 22.7. The van der Waals surface area contributed by atoms with Crippen molar-refractivity contribution in [2.75, 3.05) is 17.3 Å². The first-order valence-electron chi connectivity index (χ1n) is 8.18. The number of nitrogens with one attached hydrogen (secondary N) is 1. The van der Waals surface area contributed by atoms with Crippen LogP contribution >= 0.6 is 0 Å². The largest absolute Gasteiger partial charge is 0.367 e. The monoisotopic (exact) mass is 346 g/mol. The molecule has 0 amide bonds. The average Bonchev–Trinajstić information content (AvgIpc) is 3.02. The van der Waals surface area contributed by atoms with Gasteiger partial charge in [0.1, 0.15) is 21.3 Å². The van der Waals surface area contributed by atoms with E-state index in [0.29, 0.717) is 12.2 Å². The molecule has 6 nitrogen and oxygen atoms in total. The van der Waals surface area contributed by atoms with Gasteiger partial charge in [-0.2, -0.15) is 0 Å². The van der Waals surface area contributed by atoms with Crippen LogP contribution < -0.4 is 5.32 Å². The van der Waals surface area contributed by atoms with Crippen molar-refractivity contribution >= 4 is 15.7 Å². The lowest BCUT2D eigenvalue weighted by Crippen LogP contribution is -2.21. The topological polar surface area (TPSA) is 84.8 Å². The molecule has 2 heterocycles.